The van der Waals surface area contributed by atoms with Gasteiger partial charge in [0.2, 0.25) is 5.91 Å². The van der Waals surface area contributed by atoms with Crippen LogP contribution in [0.3, 0.4) is 0 Å². The predicted molar refractivity (Wildman–Crippen MR) is 65.8 cm³/mol. The molecule has 3 aliphatic rings. The smallest absolute Gasteiger partial charge is 0.322 e. The van der Waals surface area contributed by atoms with Crippen LogP contribution in [0, 0.1) is 23.2 Å². The first-order valence-corrected chi connectivity index (χ1v) is 6.71. The van der Waals surface area contributed by atoms with Gasteiger partial charge >= 0.3 is 5.97 Å². The average molecular weight is 249 g/mol. The van der Waals surface area contributed by atoms with Gasteiger partial charge in [0.25, 0.3) is 0 Å². The third-order valence-corrected chi connectivity index (χ3v) is 4.90. The van der Waals surface area contributed by atoms with Crippen molar-refractivity contribution in [1.82, 2.24) is 5.32 Å². The van der Waals surface area contributed by atoms with Crippen LogP contribution in [-0.2, 0) is 9.59 Å². The van der Waals surface area contributed by atoms with Crippen molar-refractivity contribution in [3.05, 3.63) is 11.6 Å². The molecule has 0 aromatic heterocycles. The lowest BCUT2D eigenvalue weighted by Gasteiger charge is -2.36. The molecule has 0 spiro atoms. The summed E-state index contributed by atoms with van der Waals surface area (Å²) in [5, 5.41) is 11.3. The Morgan fingerprint density at radius 2 is 2.22 bits per heavy atom. The summed E-state index contributed by atoms with van der Waals surface area (Å²) in [5.74, 6) is 0.689. The molecule has 3 aliphatic carbocycles. The highest BCUT2D eigenvalue weighted by Gasteiger charge is 2.56. The van der Waals surface area contributed by atoms with Crippen molar-refractivity contribution in [3.63, 3.8) is 0 Å². The molecular formula is C14H19NO3. The lowest BCUT2D eigenvalue weighted by molar-refractivity contribution is -0.140. The minimum absolute atomic E-state index is 0.0409. The Bertz CT molecular complexity index is 442. The van der Waals surface area contributed by atoms with Crippen molar-refractivity contribution in [2.45, 2.75) is 32.6 Å². The van der Waals surface area contributed by atoms with E-state index in [0.29, 0.717) is 17.8 Å². The molecule has 2 saturated carbocycles. The molecule has 98 valence electrons. The zero-order chi connectivity index (χ0) is 12.9. The standard InChI is InChI=1S/C14H19NO3/c1-8-2-9-3-10-5-14(4-8,6-11(9)10)13(18)15-7-12(16)17/h2,8,10-11H,3-7H2,1H3,(H,15,18)(H,16,17). The first-order chi connectivity index (χ1) is 8.50. The molecule has 18 heavy (non-hydrogen) atoms. The van der Waals surface area contributed by atoms with E-state index < -0.39 is 5.97 Å². The maximum atomic E-state index is 12.3. The van der Waals surface area contributed by atoms with Crippen LogP contribution in [0.4, 0.5) is 0 Å². The molecule has 2 N–H and O–H groups in total. The van der Waals surface area contributed by atoms with E-state index in [1.165, 1.54) is 5.57 Å². The Morgan fingerprint density at radius 3 is 2.94 bits per heavy atom. The van der Waals surface area contributed by atoms with Gasteiger partial charge in [-0.05, 0) is 43.4 Å². The van der Waals surface area contributed by atoms with Gasteiger partial charge < -0.3 is 10.4 Å². The van der Waals surface area contributed by atoms with E-state index >= 15 is 0 Å². The topological polar surface area (TPSA) is 66.4 Å². The summed E-state index contributed by atoms with van der Waals surface area (Å²) < 4.78 is 0. The number of rotatable bonds is 3. The van der Waals surface area contributed by atoms with Crippen LogP contribution >= 0.6 is 0 Å². The maximum absolute atomic E-state index is 12.3. The summed E-state index contributed by atoms with van der Waals surface area (Å²) >= 11 is 0. The lowest BCUT2D eigenvalue weighted by Crippen LogP contribution is -2.42. The van der Waals surface area contributed by atoms with E-state index in [1.807, 2.05) is 0 Å². The summed E-state index contributed by atoms with van der Waals surface area (Å²) in [6.07, 6.45) is 6.24. The predicted octanol–water partition coefficient (Wildman–Crippen LogP) is 1.57. The third kappa shape index (κ3) is 1.66. The summed E-state index contributed by atoms with van der Waals surface area (Å²) in [4.78, 5) is 22.9. The molecule has 0 saturated heterocycles. The highest BCUT2D eigenvalue weighted by Crippen LogP contribution is 2.62. The second-order valence-corrected chi connectivity index (χ2v) is 6.26. The first kappa shape index (κ1) is 11.8. The minimum Gasteiger partial charge on any atom is -0.480 e. The van der Waals surface area contributed by atoms with Gasteiger partial charge in [0.05, 0.1) is 5.41 Å². The van der Waals surface area contributed by atoms with Crippen molar-refractivity contribution in [2.75, 3.05) is 6.54 Å². The lowest BCUT2D eigenvalue weighted by atomic mass is 9.69. The number of carbonyl (C=O) groups excluding carboxylic acids is 1. The number of allylic oxidation sites excluding steroid dienone is 2. The van der Waals surface area contributed by atoms with Crippen molar-refractivity contribution in [1.29, 1.82) is 0 Å². The van der Waals surface area contributed by atoms with Crippen molar-refractivity contribution >= 4 is 11.9 Å². The Labute approximate surface area is 106 Å². The Hall–Kier alpha value is -1.32. The molecular weight excluding hydrogens is 230 g/mol. The van der Waals surface area contributed by atoms with Gasteiger partial charge in [0.15, 0.2) is 0 Å². The van der Waals surface area contributed by atoms with Crippen LogP contribution in [0.25, 0.3) is 0 Å². The summed E-state index contributed by atoms with van der Waals surface area (Å²) in [7, 11) is 0. The number of nitrogens with one attached hydrogen (secondary N) is 1. The number of carbonyl (C=O) groups is 2. The zero-order valence-corrected chi connectivity index (χ0v) is 10.6. The summed E-state index contributed by atoms with van der Waals surface area (Å²) in [6.45, 7) is 1.90. The van der Waals surface area contributed by atoms with Crippen molar-refractivity contribution < 1.29 is 14.7 Å². The molecule has 2 bridgehead atoms. The van der Waals surface area contributed by atoms with E-state index in [9.17, 15) is 9.59 Å². The molecule has 3 rings (SSSR count). The molecule has 4 heteroatoms. The highest BCUT2D eigenvalue weighted by molar-refractivity contribution is 5.86. The maximum Gasteiger partial charge on any atom is 0.322 e. The number of carboxylic acid groups (broad SMARTS) is 1. The fourth-order valence-electron chi connectivity index (χ4n) is 4.28. The van der Waals surface area contributed by atoms with Crippen LogP contribution in [-0.4, -0.2) is 23.5 Å². The van der Waals surface area contributed by atoms with Gasteiger partial charge in [-0.1, -0.05) is 18.6 Å². The van der Waals surface area contributed by atoms with Gasteiger partial charge in [0, 0.05) is 0 Å². The number of hydrogen-bond acceptors (Lipinski definition) is 2. The van der Waals surface area contributed by atoms with Crippen molar-refractivity contribution in [2.24, 2.45) is 23.2 Å². The largest absolute Gasteiger partial charge is 0.480 e. The van der Waals surface area contributed by atoms with Gasteiger partial charge in [0.1, 0.15) is 6.54 Å². The average Bonchev–Trinajstić information content (AvgIpc) is 2.50. The van der Waals surface area contributed by atoms with Crippen LogP contribution in [0.15, 0.2) is 11.6 Å². The number of amides is 1. The number of carboxylic acids is 1. The van der Waals surface area contributed by atoms with E-state index in [2.05, 4.69) is 18.3 Å². The van der Waals surface area contributed by atoms with Crippen LogP contribution in [0.5, 0.6) is 0 Å². The van der Waals surface area contributed by atoms with Crippen LogP contribution in [0.2, 0.25) is 0 Å². The molecule has 2 fully saturated rings. The van der Waals surface area contributed by atoms with E-state index in [-0.39, 0.29) is 17.9 Å². The van der Waals surface area contributed by atoms with Crippen LogP contribution < -0.4 is 5.32 Å². The third-order valence-electron chi connectivity index (χ3n) is 4.90. The fraction of sp³-hybridized carbons (Fsp3) is 0.714. The number of fused-ring (bicyclic) bond motifs is 1. The molecule has 0 heterocycles. The number of aliphatic carboxylic acids is 1. The molecule has 4 nitrogen and oxygen atoms in total. The Morgan fingerprint density at radius 1 is 1.44 bits per heavy atom. The quantitative estimate of drug-likeness (QED) is 0.746. The second kappa shape index (κ2) is 3.84. The fourth-order valence-corrected chi connectivity index (χ4v) is 4.28. The van der Waals surface area contributed by atoms with E-state index in [4.69, 9.17) is 5.11 Å². The molecule has 4 atom stereocenters. The molecule has 4 unspecified atom stereocenters. The van der Waals surface area contributed by atoms with Gasteiger partial charge in [-0.3, -0.25) is 9.59 Å². The first-order valence-electron chi connectivity index (χ1n) is 6.71. The Balaban J connectivity index is 1.78. The van der Waals surface area contributed by atoms with Gasteiger partial charge in [-0.25, -0.2) is 0 Å². The molecule has 0 aliphatic heterocycles. The molecule has 0 radical (unpaired) electrons. The number of hydrogen-bond donors (Lipinski definition) is 2. The summed E-state index contributed by atoms with van der Waals surface area (Å²) in [5.41, 5.74) is 1.23. The van der Waals surface area contributed by atoms with Gasteiger partial charge in [-0.2, -0.15) is 0 Å². The van der Waals surface area contributed by atoms with Crippen molar-refractivity contribution in [3.8, 4) is 0 Å². The molecule has 1 amide bonds. The normalized spacial score (nSPS) is 40.5. The Kier molecular flexibility index (Phi) is 2.50. The molecule has 0 aromatic rings. The molecule has 0 aromatic carbocycles. The second-order valence-electron chi connectivity index (χ2n) is 6.26. The minimum atomic E-state index is -0.971. The summed E-state index contributed by atoms with van der Waals surface area (Å²) in [6, 6.07) is 0. The van der Waals surface area contributed by atoms with E-state index in [1.54, 1.807) is 0 Å². The zero-order valence-electron chi connectivity index (χ0n) is 10.6. The van der Waals surface area contributed by atoms with Gasteiger partial charge in [-0.15, -0.1) is 0 Å². The van der Waals surface area contributed by atoms with Crippen LogP contribution in [0.1, 0.15) is 32.6 Å². The SMILES string of the molecule is CC1C=C2CC3CC(C(=O)NCC(=O)O)(C1)CC23. The monoisotopic (exact) mass is 249 g/mol. The van der Waals surface area contributed by atoms with E-state index in [0.717, 1.165) is 25.7 Å². The highest BCUT2D eigenvalue weighted by atomic mass is 16.4.